The van der Waals surface area contributed by atoms with Crippen LogP contribution >= 0.6 is 12.4 Å². The highest BCUT2D eigenvalue weighted by Crippen LogP contribution is 2.36. The number of hydrogen-bond acceptors (Lipinski definition) is 4. The number of halogens is 7. The summed E-state index contributed by atoms with van der Waals surface area (Å²) in [4.78, 5) is 37.2. The second-order valence-electron chi connectivity index (χ2n) is 12.2. The third kappa shape index (κ3) is 10.6. The molecule has 4 aromatic rings. The summed E-state index contributed by atoms with van der Waals surface area (Å²) in [6, 6.07) is 28.1. The second kappa shape index (κ2) is 17.6. The van der Waals surface area contributed by atoms with Gasteiger partial charge in [-0.2, -0.15) is 26.3 Å². The van der Waals surface area contributed by atoms with Crippen molar-refractivity contribution in [3.05, 3.63) is 143 Å². The Bertz CT molecular complexity index is 1770. The molecule has 1 N–H and O–H groups in total. The summed E-state index contributed by atoms with van der Waals surface area (Å²) in [6.07, 6.45) is -10.1. The summed E-state index contributed by atoms with van der Waals surface area (Å²) in [6.45, 7) is 1.84. The van der Waals surface area contributed by atoms with Crippen LogP contribution in [0.2, 0.25) is 0 Å². The molecule has 0 saturated carbocycles. The van der Waals surface area contributed by atoms with Crippen molar-refractivity contribution < 1.29 is 37.4 Å². The number of rotatable bonds is 9. The summed E-state index contributed by atoms with van der Waals surface area (Å²) in [5.74, 6) is -0.272. The van der Waals surface area contributed by atoms with Crippen molar-refractivity contribution >= 4 is 30.2 Å². The Morgan fingerprint density at radius 2 is 1.29 bits per heavy atom. The molecule has 1 heterocycles. The van der Waals surface area contributed by atoms with Gasteiger partial charge in [-0.3, -0.25) is 19.8 Å². The van der Waals surface area contributed by atoms with E-state index in [1.807, 2.05) is 52.3 Å². The molecule has 0 radical (unpaired) electrons. The van der Waals surface area contributed by atoms with Gasteiger partial charge in [0.2, 0.25) is 11.9 Å². The molecule has 1 aliphatic heterocycles. The van der Waals surface area contributed by atoms with Gasteiger partial charge in [0, 0.05) is 46.8 Å². The van der Waals surface area contributed by atoms with Gasteiger partial charge in [0.15, 0.2) is 0 Å². The summed E-state index contributed by atoms with van der Waals surface area (Å²) < 4.78 is 80.6. The smallest absolute Gasteiger partial charge is 0.344 e. The number of aliphatic imine (C=N–C) groups is 1. The van der Waals surface area contributed by atoms with Crippen LogP contribution in [-0.4, -0.2) is 72.2 Å². The fourth-order valence-electron chi connectivity index (χ4n) is 5.85. The zero-order valence-electron chi connectivity index (χ0n) is 28.2. The average Bonchev–Trinajstić information content (AvgIpc) is 3.13. The fourth-order valence-corrected chi connectivity index (χ4v) is 5.85. The Labute approximate surface area is 305 Å². The van der Waals surface area contributed by atoms with Gasteiger partial charge in [-0.25, -0.2) is 4.99 Å². The lowest BCUT2D eigenvalue weighted by Crippen LogP contribution is -2.55. The number of benzene rings is 4. The van der Waals surface area contributed by atoms with Gasteiger partial charge in [0.05, 0.1) is 17.7 Å². The molecule has 7 nitrogen and oxygen atoms in total. The summed E-state index contributed by atoms with van der Waals surface area (Å²) in [5.41, 5.74) is -0.847. The number of guanidine groups is 1. The quantitative estimate of drug-likeness (QED) is 0.108. The molecule has 1 unspecified atom stereocenters. The maximum atomic E-state index is 14.0. The Morgan fingerprint density at radius 3 is 1.83 bits per heavy atom. The number of nitrogens with one attached hydrogen (secondary N) is 1. The van der Waals surface area contributed by atoms with E-state index in [0.717, 1.165) is 5.56 Å². The van der Waals surface area contributed by atoms with Gasteiger partial charge >= 0.3 is 12.4 Å². The lowest BCUT2D eigenvalue weighted by atomic mass is 10.0. The number of likely N-dealkylation sites (N-methyl/N-ethyl adjacent to an activating group) is 1. The van der Waals surface area contributed by atoms with Crippen LogP contribution in [0.1, 0.15) is 45.6 Å². The number of alkyl halides is 6. The summed E-state index contributed by atoms with van der Waals surface area (Å²) in [7, 11) is 1.49. The minimum Gasteiger partial charge on any atom is -0.344 e. The zero-order chi connectivity index (χ0) is 36.6. The van der Waals surface area contributed by atoms with Crippen LogP contribution in [0.4, 0.5) is 26.3 Å². The first-order valence-corrected chi connectivity index (χ1v) is 16.3. The second-order valence-corrected chi connectivity index (χ2v) is 12.2. The molecule has 1 saturated heterocycles. The standard InChI is InChI=1S/C38H37F6N5O2.ClH.H2/c1-47(18-17-28-23-31(37(39,40)41)25-32(24-28)38(42,43)44)35(51)33(29-13-7-3-8-14-29)48-19-21-49(22-20-48)36(45-26-27-11-5-2-6-12-27)46-34(50)30-15-9-4-10-16-30;;/h2-16,23-25,33H,17-22,26H2,1H3,(H,45,46,50);2*1H. The van der Waals surface area contributed by atoms with Gasteiger partial charge in [-0.05, 0) is 53.4 Å². The van der Waals surface area contributed by atoms with Gasteiger partial charge in [-0.1, -0.05) is 78.9 Å². The molecule has 14 heteroatoms. The molecule has 0 aliphatic carbocycles. The molecular weight excluding hydrogens is 708 g/mol. The third-order valence-electron chi connectivity index (χ3n) is 8.60. The van der Waals surface area contributed by atoms with E-state index in [2.05, 4.69) is 5.32 Å². The fraction of sp³-hybridized carbons (Fsp3) is 0.289. The van der Waals surface area contributed by atoms with Crippen molar-refractivity contribution in [1.82, 2.24) is 20.0 Å². The van der Waals surface area contributed by atoms with Crippen LogP contribution in [0.3, 0.4) is 0 Å². The summed E-state index contributed by atoms with van der Waals surface area (Å²) >= 11 is 0. The molecule has 0 spiro atoms. The minimum absolute atomic E-state index is 0. The SMILES string of the molecule is CN(CCc1cc(C(F)(F)F)cc(C(F)(F)F)c1)C(=O)C(c1ccccc1)N1CCN(C(=NCc2ccccc2)NC(=O)c2ccccc2)CC1.Cl.[HH]. The first-order chi connectivity index (χ1) is 24.3. The topological polar surface area (TPSA) is 68.2 Å². The number of nitrogens with zero attached hydrogens (tertiary/aromatic N) is 4. The van der Waals surface area contributed by atoms with Crippen molar-refractivity contribution in [2.45, 2.75) is 31.4 Å². The van der Waals surface area contributed by atoms with Gasteiger partial charge in [-0.15, -0.1) is 12.4 Å². The van der Waals surface area contributed by atoms with Crippen LogP contribution in [0.5, 0.6) is 0 Å². The molecule has 5 rings (SSSR count). The predicted octanol–water partition coefficient (Wildman–Crippen LogP) is 7.74. The molecule has 1 aliphatic rings. The number of hydrogen-bond donors (Lipinski definition) is 1. The van der Waals surface area contributed by atoms with E-state index >= 15 is 0 Å². The Balaban J connectivity index is 0.00000378. The molecule has 2 amide bonds. The van der Waals surface area contributed by atoms with Gasteiger partial charge < -0.3 is 9.80 Å². The van der Waals surface area contributed by atoms with Crippen molar-refractivity contribution in [3.8, 4) is 0 Å². The van der Waals surface area contributed by atoms with Crippen LogP contribution < -0.4 is 5.32 Å². The first kappa shape index (κ1) is 39.9. The predicted molar refractivity (Wildman–Crippen MR) is 191 cm³/mol. The number of carbonyl (C=O) groups excluding carboxylic acids is 2. The zero-order valence-corrected chi connectivity index (χ0v) is 29.0. The van der Waals surface area contributed by atoms with Crippen LogP contribution in [0.15, 0.2) is 114 Å². The van der Waals surface area contributed by atoms with Gasteiger partial charge in [0.1, 0.15) is 6.04 Å². The minimum atomic E-state index is -4.96. The Kier molecular flexibility index (Phi) is 13.5. The molecule has 1 atom stereocenters. The number of piperazine rings is 1. The first-order valence-electron chi connectivity index (χ1n) is 16.3. The van der Waals surface area contributed by atoms with E-state index in [4.69, 9.17) is 4.99 Å². The normalized spacial score (nSPS) is 14.7. The van der Waals surface area contributed by atoms with E-state index in [1.165, 1.54) is 11.9 Å². The third-order valence-corrected chi connectivity index (χ3v) is 8.60. The lowest BCUT2D eigenvalue weighted by molar-refractivity contribution is -0.143. The molecule has 1 fully saturated rings. The van der Waals surface area contributed by atoms with Crippen LogP contribution in [0, 0.1) is 0 Å². The average molecular weight is 748 g/mol. The highest BCUT2D eigenvalue weighted by atomic mass is 35.5. The van der Waals surface area contributed by atoms with Crippen LogP contribution in [-0.2, 0) is 30.1 Å². The Morgan fingerprint density at radius 1 is 0.769 bits per heavy atom. The van der Waals surface area contributed by atoms with E-state index in [1.54, 1.807) is 48.5 Å². The van der Waals surface area contributed by atoms with E-state index in [0.29, 0.717) is 61.9 Å². The molecular formula is C38H40ClF6N5O2. The monoisotopic (exact) mass is 747 g/mol. The molecule has 52 heavy (non-hydrogen) atoms. The maximum Gasteiger partial charge on any atom is 0.416 e. The highest BCUT2D eigenvalue weighted by Gasteiger charge is 2.37. The maximum absolute atomic E-state index is 14.0. The highest BCUT2D eigenvalue weighted by molar-refractivity contribution is 6.05. The van der Waals surface area contributed by atoms with Crippen molar-refractivity contribution in [3.63, 3.8) is 0 Å². The van der Waals surface area contributed by atoms with Crippen LogP contribution in [0.25, 0.3) is 0 Å². The lowest BCUT2D eigenvalue weighted by Gasteiger charge is -2.40. The summed E-state index contributed by atoms with van der Waals surface area (Å²) in [5, 5.41) is 2.95. The van der Waals surface area contributed by atoms with E-state index in [9.17, 15) is 35.9 Å². The van der Waals surface area contributed by atoms with Gasteiger partial charge in [0.25, 0.3) is 5.91 Å². The van der Waals surface area contributed by atoms with Crippen molar-refractivity contribution in [1.29, 1.82) is 0 Å². The van der Waals surface area contributed by atoms with Crippen molar-refractivity contribution in [2.75, 3.05) is 39.8 Å². The van der Waals surface area contributed by atoms with E-state index < -0.39 is 29.5 Å². The number of amides is 2. The largest absolute Gasteiger partial charge is 0.416 e. The van der Waals surface area contributed by atoms with E-state index in [-0.39, 0.29) is 50.2 Å². The molecule has 0 aromatic heterocycles. The molecule has 278 valence electrons. The number of carbonyl (C=O) groups is 2. The van der Waals surface area contributed by atoms with Crippen molar-refractivity contribution in [2.24, 2.45) is 4.99 Å². The Hall–Kier alpha value is -4.88. The molecule has 0 bridgehead atoms. The molecule has 4 aromatic carbocycles.